The summed E-state index contributed by atoms with van der Waals surface area (Å²) in [5, 5.41) is 0. The van der Waals surface area contributed by atoms with E-state index in [1.54, 1.807) is 23.3 Å². The van der Waals surface area contributed by atoms with E-state index in [-0.39, 0.29) is 12.0 Å². The number of nitrogen functional groups attached to an aromatic ring is 1. The number of anilines is 1. The minimum absolute atomic E-state index is 0.202. The molecular weight excluding hydrogens is 246 g/mol. The van der Waals surface area contributed by atoms with Gasteiger partial charge in [-0.25, -0.2) is 10.8 Å². The third kappa shape index (κ3) is 3.49. The van der Waals surface area contributed by atoms with Crippen LogP contribution < -0.4 is 16.0 Å². The van der Waals surface area contributed by atoms with Crippen molar-refractivity contribution in [3.05, 3.63) is 30.9 Å². The molecule has 100 valence electrons. The Labute approximate surface area is 110 Å². The second-order valence-corrected chi connectivity index (χ2v) is 3.91. The highest BCUT2D eigenvalue weighted by molar-refractivity contribution is 5.28. The van der Waals surface area contributed by atoms with E-state index in [0.717, 1.165) is 12.0 Å². The fraction of sp³-hybridized carbons (Fsp3) is 0.273. The smallest absolute Gasteiger partial charge is 0.323 e. The van der Waals surface area contributed by atoms with Gasteiger partial charge in [-0.15, -0.1) is 6.58 Å². The number of nitrogens with one attached hydrogen (secondary N) is 1. The topological polar surface area (TPSA) is 104 Å². The molecule has 0 aromatic carbocycles. The zero-order valence-corrected chi connectivity index (χ0v) is 10.6. The van der Waals surface area contributed by atoms with Crippen molar-refractivity contribution in [3.63, 3.8) is 0 Å². The summed E-state index contributed by atoms with van der Waals surface area (Å²) < 4.78 is 7.08. The van der Waals surface area contributed by atoms with Crippen molar-refractivity contribution in [1.29, 1.82) is 0 Å². The number of ether oxygens (including phenoxy) is 1. The van der Waals surface area contributed by atoms with Gasteiger partial charge in [0.1, 0.15) is 6.33 Å². The molecule has 8 nitrogen and oxygen atoms in total. The van der Waals surface area contributed by atoms with Gasteiger partial charge in [-0.2, -0.15) is 15.0 Å². The number of aromatic nitrogens is 5. The van der Waals surface area contributed by atoms with Crippen LogP contribution in [0.4, 0.5) is 5.95 Å². The molecule has 0 atom stereocenters. The minimum atomic E-state index is 0.202. The molecule has 0 bridgehead atoms. The molecule has 0 radical (unpaired) electrons. The summed E-state index contributed by atoms with van der Waals surface area (Å²) in [4.78, 5) is 16.2. The maximum Gasteiger partial charge on any atom is 0.323 e. The van der Waals surface area contributed by atoms with E-state index < -0.39 is 0 Å². The molecule has 0 saturated heterocycles. The van der Waals surface area contributed by atoms with Crippen LogP contribution in [0.15, 0.2) is 30.9 Å². The Kier molecular flexibility index (Phi) is 4.04. The lowest BCUT2D eigenvalue weighted by molar-refractivity contribution is 0.295. The lowest BCUT2D eigenvalue weighted by atomic mass is 10.3. The molecule has 0 fully saturated rings. The second kappa shape index (κ2) is 5.91. The lowest BCUT2D eigenvalue weighted by Crippen LogP contribution is -2.14. The minimum Gasteiger partial charge on any atom is -0.463 e. The van der Waals surface area contributed by atoms with E-state index in [0.29, 0.717) is 12.6 Å². The van der Waals surface area contributed by atoms with E-state index >= 15 is 0 Å². The fourth-order valence-corrected chi connectivity index (χ4v) is 1.28. The number of nitrogens with zero attached hydrogens (tertiary/aromatic N) is 5. The zero-order valence-electron chi connectivity index (χ0n) is 10.6. The fourth-order valence-electron chi connectivity index (χ4n) is 1.28. The summed E-state index contributed by atoms with van der Waals surface area (Å²) in [6, 6.07) is 0.202. The van der Waals surface area contributed by atoms with Crippen molar-refractivity contribution in [2.75, 3.05) is 12.0 Å². The SMILES string of the molecule is C=C(C)CCOc1nc(NN)nc(-n2ccnc2)n1. The highest BCUT2D eigenvalue weighted by Gasteiger charge is 2.08. The quantitative estimate of drug-likeness (QED) is 0.448. The first kappa shape index (κ1) is 13.0. The molecule has 0 unspecified atom stereocenters. The monoisotopic (exact) mass is 261 g/mol. The van der Waals surface area contributed by atoms with E-state index in [4.69, 9.17) is 10.6 Å². The zero-order chi connectivity index (χ0) is 13.7. The predicted molar refractivity (Wildman–Crippen MR) is 69.7 cm³/mol. The van der Waals surface area contributed by atoms with Gasteiger partial charge in [0.15, 0.2) is 0 Å². The number of hydrogen-bond acceptors (Lipinski definition) is 7. The maximum absolute atomic E-state index is 5.45. The number of hydrogen-bond donors (Lipinski definition) is 2. The van der Waals surface area contributed by atoms with E-state index in [1.165, 1.54) is 0 Å². The van der Waals surface area contributed by atoms with Crippen molar-refractivity contribution in [2.45, 2.75) is 13.3 Å². The van der Waals surface area contributed by atoms with Gasteiger partial charge in [0, 0.05) is 18.8 Å². The Morgan fingerprint density at radius 1 is 1.47 bits per heavy atom. The van der Waals surface area contributed by atoms with E-state index in [9.17, 15) is 0 Å². The van der Waals surface area contributed by atoms with Crippen LogP contribution in [0.25, 0.3) is 5.95 Å². The summed E-state index contributed by atoms with van der Waals surface area (Å²) in [6.07, 6.45) is 5.65. The summed E-state index contributed by atoms with van der Waals surface area (Å²) >= 11 is 0. The third-order valence-electron chi connectivity index (χ3n) is 2.23. The number of rotatable bonds is 6. The third-order valence-corrected chi connectivity index (χ3v) is 2.23. The summed E-state index contributed by atoms with van der Waals surface area (Å²) in [7, 11) is 0. The standard InChI is InChI=1S/C11H15N7O/c1-8(2)3-6-19-11-15-9(17-12)14-10(16-11)18-5-4-13-7-18/h4-5,7H,1,3,6,12H2,2H3,(H,14,15,16,17). The second-order valence-electron chi connectivity index (χ2n) is 3.91. The molecule has 0 spiro atoms. The van der Waals surface area contributed by atoms with Crippen LogP contribution in [0, 0.1) is 0 Å². The van der Waals surface area contributed by atoms with Crippen molar-refractivity contribution in [3.8, 4) is 12.0 Å². The lowest BCUT2D eigenvalue weighted by Gasteiger charge is -2.08. The Morgan fingerprint density at radius 2 is 2.32 bits per heavy atom. The molecule has 0 saturated carbocycles. The van der Waals surface area contributed by atoms with Crippen molar-refractivity contribution in [1.82, 2.24) is 24.5 Å². The van der Waals surface area contributed by atoms with Gasteiger partial charge in [-0.05, 0) is 6.92 Å². The van der Waals surface area contributed by atoms with Crippen LogP contribution in [-0.2, 0) is 0 Å². The Bertz CT molecular complexity index is 552. The summed E-state index contributed by atoms with van der Waals surface area (Å²) in [5.74, 6) is 5.93. The summed E-state index contributed by atoms with van der Waals surface area (Å²) in [5.41, 5.74) is 3.40. The van der Waals surface area contributed by atoms with E-state index in [2.05, 4.69) is 31.9 Å². The van der Waals surface area contributed by atoms with Gasteiger partial charge in [0.25, 0.3) is 0 Å². The first-order chi connectivity index (χ1) is 9.19. The van der Waals surface area contributed by atoms with Crippen LogP contribution in [0.5, 0.6) is 6.01 Å². The van der Waals surface area contributed by atoms with Gasteiger partial charge >= 0.3 is 6.01 Å². The van der Waals surface area contributed by atoms with Gasteiger partial charge in [0.05, 0.1) is 6.61 Å². The molecule has 0 aliphatic rings. The highest BCUT2D eigenvalue weighted by atomic mass is 16.5. The molecular formula is C11H15N7O. The molecule has 2 aromatic heterocycles. The molecule has 0 amide bonds. The Balaban J connectivity index is 2.19. The Hall–Kier alpha value is -2.48. The van der Waals surface area contributed by atoms with Crippen molar-refractivity contribution >= 4 is 5.95 Å². The molecule has 2 rings (SSSR count). The van der Waals surface area contributed by atoms with Crippen molar-refractivity contribution < 1.29 is 4.74 Å². The number of hydrazine groups is 1. The molecule has 19 heavy (non-hydrogen) atoms. The first-order valence-electron chi connectivity index (χ1n) is 5.67. The summed E-state index contributed by atoms with van der Waals surface area (Å²) in [6.45, 7) is 6.18. The molecule has 3 N–H and O–H groups in total. The van der Waals surface area contributed by atoms with Crippen LogP contribution in [0.2, 0.25) is 0 Å². The van der Waals surface area contributed by atoms with Gasteiger partial charge in [-0.1, -0.05) is 5.57 Å². The van der Waals surface area contributed by atoms with Crippen LogP contribution >= 0.6 is 0 Å². The van der Waals surface area contributed by atoms with E-state index in [1.807, 2.05) is 6.92 Å². The van der Waals surface area contributed by atoms with Crippen LogP contribution in [0.3, 0.4) is 0 Å². The van der Waals surface area contributed by atoms with Crippen LogP contribution in [0.1, 0.15) is 13.3 Å². The number of imidazole rings is 1. The highest BCUT2D eigenvalue weighted by Crippen LogP contribution is 2.11. The molecule has 0 aliphatic carbocycles. The average molecular weight is 261 g/mol. The molecule has 8 heteroatoms. The van der Waals surface area contributed by atoms with Gasteiger partial charge in [0.2, 0.25) is 11.9 Å². The van der Waals surface area contributed by atoms with Crippen molar-refractivity contribution in [2.24, 2.45) is 5.84 Å². The first-order valence-corrected chi connectivity index (χ1v) is 5.67. The maximum atomic E-state index is 5.45. The number of nitrogens with two attached hydrogens (primary N) is 1. The van der Waals surface area contributed by atoms with Gasteiger partial charge < -0.3 is 4.74 Å². The average Bonchev–Trinajstić information content (AvgIpc) is 2.92. The molecule has 2 heterocycles. The molecule has 2 aromatic rings. The molecule has 0 aliphatic heterocycles. The Morgan fingerprint density at radius 3 is 2.95 bits per heavy atom. The van der Waals surface area contributed by atoms with Gasteiger partial charge in [-0.3, -0.25) is 9.99 Å². The van der Waals surface area contributed by atoms with Crippen LogP contribution in [-0.4, -0.2) is 31.1 Å². The predicted octanol–water partition coefficient (Wildman–Crippen LogP) is 0.688. The largest absolute Gasteiger partial charge is 0.463 e. The normalized spacial score (nSPS) is 10.2.